The van der Waals surface area contributed by atoms with Crippen molar-refractivity contribution in [3.8, 4) is 0 Å². The van der Waals surface area contributed by atoms with Gasteiger partial charge in [0.15, 0.2) is 0 Å². The molecular weight excluding hydrogens is 220 g/mol. The number of halogens is 3. The fourth-order valence-corrected chi connectivity index (χ4v) is 2.55. The molecule has 0 amide bonds. The van der Waals surface area contributed by atoms with Crippen molar-refractivity contribution in [2.75, 3.05) is 19.0 Å². The van der Waals surface area contributed by atoms with Gasteiger partial charge in [-0.05, 0) is 12.8 Å². The van der Waals surface area contributed by atoms with Gasteiger partial charge in [0.05, 0.1) is 6.54 Å². The molecule has 0 radical (unpaired) electrons. The van der Waals surface area contributed by atoms with Crippen LogP contribution in [0.15, 0.2) is 0 Å². The largest absolute Gasteiger partial charge is 0.294 e. The van der Waals surface area contributed by atoms with Crippen molar-refractivity contribution >= 4 is 11.6 Å². The number of nitrogens with zero attached hydrogens (tertiary/aromatic N) is 1. The van der Waals surface area contributed by atoms with Gasteiger partial charge >= 0.3 is 0 Å². The molecule has 1 saturated carbocycles. The van der Waals surface area contributed by atoms with Crippen LogP contribution < -0.4 is 0 Å². The zero-order valence-corrected chi connectivity index (χ0v) is 9.86. The van der Waals surface area contributed by atoms with Crippen LogP contribution in [0.1, 0.15) is 38.5 Å². The van der Waals surface area contributed by atoms with Crippen LogP contribution in [-0.2, 0) is 0 Å². The minimum absolute atomic E-state index is 0.114. The van der Waals surface area contributed by atoms with Gasteiger partial charge in [0.25, 0.3) is 6.43 Å². The van der Waals surface area contributed by atoms with Crippen molar-refractivity contribution in [2.24, 2.45) is 0 Å². The van der Waals surface area contributed by atoms with Crippen LogP contribution in [0.25, 0.3) is 0 Å². The van der Waals surface area contributed by atoms with Crippen LogP contribution in [0.5, 0.6) is 0 Å². The highest BCUT2D eigenvalue weighted by molar-refractivity contribution is 6.18. The molecule has 1 fully saturated rings. The number of hydrogen-bond donors (Lipinski definition) is 0. The number of hydrogen-bond acceptors (Lipinski definition) is 1. The second kappa shape index (κ2) is 7.39. The summed E-state index contributed by atoms with van der Waals surface area (Å²) < 4.78 is 24.8. The Morgan fingerprint density at radius 3 is 2.20 bits per heavy atom. The topological polar surface area (TPSA) is 3.24 Å². The molecular formula is C11H20ClF2N. The van der Waals surface area contributed by atoms with Gasteiger partial charge in [-0.1, -0.05) is 25.7 Å². The molecule has 1 aliphatic rings. The summed E-state index contributed by atoms with van der Waals surface area (Å²) in [7, 11) is 0. The average molecular weight is 240 g/mol. The van der Waals surface area contributed by atoms with E-state index in [0.29, 0.717) is 18.5 Å². The molecule has 0 spiro atoms. The fraction of sp³-hybridized carbons (Fsp3) is 1.00. The molecule has 15 heavy (non-hydrogen) atoms. The van der Waals surface area contributed by atoms with E-state index in [-0.39, 0.29) is 6.54 Å². The Morgan fingerprint density at radius 2 is 1.73 bits per heavy atom. The second-order valence-corrected chi connectivity index (χ2v) is 4.60. The quantitative estimate of drug-likeness (QED) is 0.524. The summed E-state index contributed by atoms with van der Waals surface area (Å²) in [5.74, 6) is 0.448. The van der Waals surface area contributed by atoms with Crippen LogP contribution in [0, 0.1) is 0 Å². The van der Waals surface area contributed by atoms with Crippen LogP contribution in [-0.4, -0.2) is 36.3 Å². The Hall–Kier alpha value is 0.110. The van der Waals surface area contributed by atoms with Gasteiger partial charge in [-0.2, -0.15) is 0 Å². The molecule has 0 aromatic rings. The molecule has 1 aliphatic carbocycles. The van der Waals surface area contributed by atoms with Gasteiger partial charge in [-0.25, -0.2) is 8.78 Å². The molecule has 0 N–H and O–H groups in total. The van der Waals surface area contributed by atoms with E-state index in [1.165, 1.54) is 25.7 Å². The van der Waals surface area contributed by atoms with E-state index in [1.807, 2.05) is 4.90 Å². The van der Waals surface area contributed by atoms with Crippen molar-refractivity contribution < 1.29 is 8.78 Å². The first-order valence-corrected chi connectivity index (χ1v) is 6.35. The van der Waals surface area contributed by atoms with E-state index in [0.717, 1.165) is 12.8 Å². The van der Waals surface area contributed by atoms with Crippen LogP contribution >= 0.6 is 11.6 Å². The summed E-state index contributed by atoms with van der Waals surface area (Å²) in [6, 6.07) is 0.334. The lowest BCUT2D eigenvalue weighted by Gasteiger charge is -2.30. The van der Waals surface area contributed by atoms with Gasteiger partial charge in [0.2, 0.25) is 0 Å². The number of alkyl halides is 3. The van der Waals surface area contributed by atoms with Gasteiger partial charge in [0, 0.05) is 18.5 Å². The van der Waals surface area contributed by atoms with Gasteiger partial charge < -0.3 is 0 Å². The summed E-state index contributed by atoms with van der Waals surface area (Å²) in [6.07, 6.45) is 4.73. The highest BCUT2D eigenvalue weighted by atomic mass is 35.5. The molecule has 90 valence electrons. The van der Waals surface area contributed by atoms with E-state index >= 15 is 0 Å². The minimum Gasteiger partial charge on any atom is -0.294 e. The molecule has 0 unspecified atom stereocenters. The normalized spacial score (nSPS) is 19.8. The maximum Gasteiger partial charge on any atom is 0.251 e. The summed E-state index contributed by atoms with van der Waals surface area (Å²) in [5, 5.41) is 0. The molecule has 0 bridgehead atoms. The van der Waals surface area contributed by atoms with Crippen molar-refractivity contribution in [3.05, 3.63) is 0 Å². The molecule has 0 aromatic heterocycles. The highest BCUT2D eigenvalue weighted by Crippen LogP contribution is 2.22. The summed E-state index contributed by atoms with van der Waals surface area (Å²) in [6.45, 7) is 0.480. The predicted octanol–water partition coefficient (Wildman–Crippen LogP) is 3.52. The molecule has 0 atom stereocenters. The number of rotatable bonds is 5. The molecule has 0 heterocycles. The zero-order valence-electron chi connectivity index (χ0n) is 9.10. The van der Waals surface area contributed by atoms with E-state index in [9.17, 15) is 8.78 Å². The Balaban J connectivity index is 2.44. The fourth-order valence-electron chi connectivity index (χ4n) is 2.33. The first kappa shape index (κ1) is 13.2. The van der Waals surface area contributed by atoms with Crippen molar-refractivity contribution in [2.45, 2.75) is 51.0 Å². The maximum atomic E-state index is 12.4. The third kappa shape index (κ3) is 5.12. The van der Waals surface area contributed by atoms with Crippen LogP contribution in [0.3, 0.4) is 0 Å². The highest BCUT2D eigenvalue weighted by Gasteiger charge is 2.22. The smallest absolute Gasteiger partial charge is 0.251 e. The first-order chi connectivity index (χ1) is 7.24. The summed E-state index contributed by atoms with van der Waals surface area (Å²) in [5.41, 5.74) is 0. The third-order valence-electron chi connectivity index (χ3n) is 3.09. The molecule has 0 aromatic carbocycles. The average Bonchev–Trinajstić information content (AvgIpc) is 2.44. The van der Waals surface area contributed by atoms with Crippen LogP contribution in [0.4, 0.5) is 8.78 Å². The molecule has 1 nitrogen and oxygen atoms in total. The Bertz CT molecular complexity index is 159. The van der Waals surface area contributed by atoms with E-state index < -0.39 is 6.43 Å². The SMILES string of the molecule is FC(F)CN(CCCl)C1CCCCCC1. The zero-order chi connectivity index (χ0) is 11.1. The Morgan fingerprint density at radius 1 is 1.13 bits per heavy atom. The van der Waals surface area contributed by atoms with E-state index in [4.69, 9.17) is 11.6 Å². The minimum atomic E-state index is -2.24. The lowest BCUT2D eigenvalue weighted by atomic mass is 10.1. The second-order valence-electron chi connectivity index (χ2n) is 4.22. The third-order valence-corrected chi connectivity index (χ3v) is 3.25. The summed E-state index contributed by atoms with van der Waals surface area (Å²) in [4.78, 5) is 1.88. The van der Waals surface area contributed by atoms with E-state index in [2.05, 4.69) is 0 Å². The molecule has 0 saturated heterocycles. The maximum absolute atomic E-state index is 12.4. The van der Waals surface area contributed by atoms with Crippen molar-refractivity contribution in [3.63, 3.8) is 0 Å². The first-order valence-electron chi connectivity index (χ1n) is 5.82. The molecule has 4 heteroatoms. The monoisotopic (exact) mass is 239 g/mol. The molecule has 0 aliphatic heterocycles. The summed E-state index contributed by atoms with van der Waals surface area (Å²) >= 11 is 5.65. The van der Waals surface area contributed by atoms with Crippen molar-refractivity contribution in [1.82, 2.24) is 4.90 Å². The van der Waals surface area contributed by atoms with Gasteiger partial charge in [-0.3, -0.25) is 4.90 Å². The van der Waals surface area contributed by atoms with E-state index in [1.54, 1.807) is 0 Å². The van der Waals surface area contributed by atoms with Crippen LogP contribution in [0.2, 0.25) is 0 Å². The lowest BCUT2D eigenvalue weighted by Crippen LogP contribution is -2.39. The van der Waals surface area contributed by atoms with Gasteiger partial charge in [-0.15, -0.1) is 11.6 Å². The predicted molar refractivity (Wildman–Crippen MR) is 59.8 cm³/mol. The standard InChI is InChI=1S/C11H20ClF2N/c12-7-8-15(9-11(13)14)10-5-3-1-2-4-6-10/h10-11H,1-9H2. The van der Waals surface area contributed by atoms with Crippen molar-refractivity contribution in [1.29, 1.82) is 0 Å². The Labute approximate surface area is 95.8 Å². The lowest BCUT2D eigenvalue weighted by molar-refractivity contribution is 0.0647. The Kier molecular flexibility index (Phi) is 6.50. The van der Waals surface area contributed by atoms with Gasteiger partial charge in [0.1, 0.15) is 0 Å². The molecule has 1 rings (SSSR count).